The third kappa shape index (κ3) is 4.92. The Kier molecular flexibility index (Phi) is 7.17. The quantitative estimate of drug-likeness (QED) is 0.707. The monoisotopic (exact) mass is 419 g/mol. The molecule has 0 unspecified atom stereocenters. The summed E-state index contributed by atoms with van der Waals surface area (Å²) in [4.78, 5) is 43.2. The van der Waals surface area contributed by atoms with Crippen molar-refractivity contribution in [2.45, 2.75) is 52.4 Å². The lowest BCUT2D eigenvalue weighted by atomic mass is 9.88. The lowest BCUT2D eigenvalue weighted by Gasteiger charge is -2.30. The molecule has 7 heteroatoms. The van der Waals surface area contributed by atoms with Crippen LogP contribution in [0.4, 0.5) is 5.69 Å². The van der Waals surface area contributed by atoms with Crippen molar-refractivity contribution in [2.24, 2.45) is 5.92 Å². The molecular weight excluding hydrogens is 390 g/mol. The molecule has 1 aromatic carbocycles. The SMILES string of the molecule is CCCN(CC(=O)N1CC(=O)N(c2cccc(Cl)c2C)C1)C(=O)C1CCCCC1. The number of hydrogen-bond donors (Lipinski definition) is 0. The fourth-order valence-electron chi connectivity index (χ4n) is 4.22. The summed E-state index contributed by atoms with van der Waals surface area (Å²) in [6, 6.07) is 5.42. The van der Waals surface area contributed by atoms with Crippen LogP contribution in [0.1, 0.15) is 51.0 Å². The highest BCUT2D eigenvalue weighted by Gasteiger charge is 2.34. The van der Waals surface area contributed by atoms with Crippen molar-refractivity contribution in [2.75, 3.05) is 31.2 Å². The molecule has 1 saturated heterocycles. The van der Waals surface area contributed by atoms with Gasteiger partial charge in [-0.25, -0.2) is 0 Å². The summed E-state index contributed by atoms with van der Waals surface area (Å²) >= 11 is 6.19. The molecule has 2 fully saturated rings. The zero-order chi connectivity index (χ0) is 21.0. The number of carbonyl (C=O) groups excluding carboxylic acids is 3. The zero-order valence-electron chi connectivity index (χ0n) is 17.3. The molecule has 0 N–H and O–H groups in total. The van der Waals surface area contributed by atoms with E-state index in [9.17, 15) is 14.4 Å². The van der Waals surface area contributed by atoms with E-state index in [1.54, 1.807) is 21.9 Å². The Morgan fingerprint density at radius 3 is 2.62 bits per heavy atom. The predicted molar refractivity (Wildman–Crippen MR) is 114 cm³/mol. The Bertz CT molecular complexity index is 777. The molecule has 1 aliphatic heterocycles. The Labute approximate surface area is 177 Å². The fourth-order valence-corrected chi connectivity index (χ4v) is 4.39. The first kappa shape index (κ1) is 21.6. The Hall–Kier alpha value is -2.08. The van der Waals surface area contributed by atoms with Crippen molar-refractivity contribution in [3.63, 3.8) is 0 Å². The normalized spacial score (nSPS) is 17.7. The summed E-state index contributed by atoms with van der Waals surface area (Å²) in [5.74, 6) is -0.190. The van der Waals surface area contributed by atoms with Gasteiger partial charge in [-0.15, -0.1) is 0 Å². The van der Waals surface area contributed by atoms with E-state index < -0.39 is 0 Å². The smallest absolute Gasteiger partial charge is 0.248 e. The van der Waals surface area contributed by atoms with E-state index in [1.165, 1.54) is 11.3 Å². The van der Waals surface area contributed by atoms with Crippen LogP contribution in [0, 0.1) is 12.8 Å². The third-order valence-electron chi connectivity index (χ3n) is 5.91. The van der Waals surface area contributed by atoms with E-state index in [0.717, 1.165) is 43.4 Å². The molecule has 0 spiro atoms. The van der Waals surface area contributed by atoms with E-state index in [4.69, 9.17) is 11.6 Å². The highest BCUT2D eigenvalue weighted by Crippen LogP contribution is 2.29. The van der Waals surface area contributed by atoms with Gasteiger partial charge >= 0.3 is 0 Å². The first-order valence-corrected chi connectivity index (χ1v) is 10.9. The van der Waals surface area contributed by atoms with E-state index in [1.807, 2.05) is 19.9 Å². The van der Waals surface area contributed by atoms with E-state index in [0.29, 0.717) is 11.6 Å². The van der Waals surface area contributed by atoms with Gasteiger partial charge in [-0.3, -0.25) is 19.3 Å². The maximum atomic E-state index is 12.9. The molecule has 3 amide bonds. The number of hydrogen-bond acceptors (Lipinski definition) is 3. The Balaban J connectivity index is 1.66. The fraction of sp³-hybridized carbons (Fsp3) is 0.591. The van der Waals surface area contributed by atoms with Crippen LogP contribution in [0.25, 0.3) is 0 Å². The molecule has 158 valence electrons. The molecule has 0 aromatic heterocycles. The largest absolute Gasteiger partial charge is 0.333 e. The van der Waals surface area contributed by atoms with E-state index in [-0.39, 0.29) is 43.4 Å². The van der Waals surface area contributed by atoms with Gasteiger partial charge in [0, 0.05) is 23.2 Å². The van der Waals surface area contributed by atoms with Gasteiger partial charge in [0.25, 0.3) is 0 Å². The number of benzene rings is 1. The average molecular weight is 420 g/mol. The molecule has 1 saturated carbocycles. The molecule has 1 aromatic rings. The molecule has 0 radical (unpaired) electrons. The molecule has 3 rings (SSSR count). The summed E-state index contributed by atoms with van der Waals surface area (Å²) in [6.45, 7) is 4.70. The van der Waals surface area contributed by atoms with Gasteiger partial charge in [0.15, 0.2) is 0 Å². The summed E-state index contributed by atoms with van der Waals surface area (Å²) in [7, 11) is 0. The first-order chi connectivity index (χ1) is 13.9. The van der Waals surface area contributed by atoms with Gasteiger partial charge < -0.3 is 9.80 Å². The van der Waals surface area contributed by atoms with Gasteiger partial charge in [-0.1, -0.05) is 43.9 Å². The molecular formula is C22H30ClN3O3. The summed E-state index contributed by atoms with van der Waals surface area (Å²) < 4.78 is 0. The third-order valence-corrected chi connectivity index (χ3v) is 6.32. The van der Waals surface area contributed by atoms with Crippen LogP contribution < -0.4 is 4.90 Å². The minimum Gasteiger partial charge on any atom is -0.333 e. The van der Waals surface area contributed by atoms with Gasteiger partial charge in [-0.05, 0) is 43.9 Å². The first-order valence-electron chi connectivity index (χ1n) is 10.5. The number of rotatable bonds is 6. The Morgan fingerprint density at radius 2 is 1.93 bits per heavy atom. The summed E-state index contributed by atoms with van der Waals surface area (Å²) in [6.07, 6.45) is 5.98. The van der Waals surface area contributed by atoms with Crippen LogP contribution >= 0.6 is 11.6 Å². The predicted octanol–water partition coefficient (Wildman–Crippen LogP) is 3.60. The molecule has 0 atom stereocenters. The van der Waals surface area contributed by atoms with Gasteiger partial charge in [-0.2, -0.15) is 0 Å². The average Bonchev–Trinajstić information content (AvgIpc) is 3.11. The van der Waals surface area contributed by atoms with Gasteiger partial charge in [0.05, 0.1) is 6.54 Å². The summed E-state index contributed by atoms with van der Waals surface area (Å²) in [5.41, 5.74) is 1.54. The number of carbonyl (C=O) groups is 3. The van der Waals surface area contributed by atoms with Gasteiger partial charge in [0.1, 0.15) is 13.2 Å². The van der Waals surface area contributed by atoms with Crippen LogP contribution in [0.2, 0.25) is 5.02 Å². The molecule has 0 bridgehead atoms. The van der Waals surface area contributed by atoms with Crippen LogP contribution in [-0.2, 0) is 14.4 Å². The number of nitrogens with zero attached hydrogens (tertiary/aromatic N) is 3. The topological polar surface area (TPSA) is 60.9 Å². The van der Waals surface area contributed by atoms with Crippen molar-refractivity contribution >= 4 is 35.0 Å². The lowest BCUT2D eigenvalue weighted by molar-refractivity contribution is -0.143. The molecule has 2 aliphatic rings. The minimum absolute atomic E-state index is 0.0301. The van der Waals surface area contributed by atoms with Crippen LogP contribution in [-0.4, -0.2) is 53.8 Å². The maximum Gasteiger partial charge on any atom is 0.248 e. The highest BCUT2D eigenvalue weighted by atomic mass is 35.5. The Morgan fingerprint density at radius 1 is 1.21 bits per heavy atom. The lowest BCUT2D eigenvalue weighted by Crippen LogP contribution is -2.45. The van der Waals surface area contributed by atoms with Crippen molar-refractivity contribution in [1.29, 1.82) is 0 Å². The summed E-state index contributed by atoms with van der Waals surface area (Å²) in [5, 5.41) is 0.590. The standard InChI is InChI=1S/C22H30ClN3O3/c1-3-12-24(22(29)17-8-5-4-6-9-17)13-20(27)25-14-21(28)26(15-25)19-11-7-10-18(23)16(19)2/h7,10-11,17H,3-6,8-9,12-15H2,1-2H3. The number of amides is 3. The molecule has 1 heterocycles. The molecule has 29 heavy (non-hydrogen) atoms. The second kappa shape index (κ2) is 9.61. The molecule has 6 nitrogen and oxygen atoms in total. The van der Waals surface area contributed by atoms with E-state index >= 15 is 0 Å². The van der Waals surface area contributed by atoms with Crippen LogP contribution in [0.15, 0.2) is 18.2 Å². The zero-order valence-corrected chi connectivity index (χ0v) is 18.1. The van der Waals surface area contributed by atoms with Crippen molar-refractivity contribution in [3.8, 4) is 0 Å². The van der Waals surface area contributed by atoms with Crippen molar-refractivity contribution in [1.82, 2.24) is 9.80 Å². The van der Waals surface area contributed by atoms with Crippen LogP contribution in [0.3, 0.4) is 0 Å². The second-order valence-electron chi connectivity index (χ2n) is 8.03. The van der Waals surface area contributed by atoms with Crippen molar-refractivity contribution in [3.05, 3.63) is 28.8 Å². The van der Waals surface area contributed by atoms with Crippen LogP contribution in [0.5, 0.6) is 0 Å². The molecule has 1 aliphatic carbocycles. The van der Waals surface area contributed by atoms with Crippen molar-refractivity contribution < 1.29 is 14.4 Å². The highest BCUT2D eigenvalue weighted by molar-refractivity contribution is 6.31. The number of anilines is 1. The minimum atomic E-state index is -0.182. The second-order valence-corrected chi connectivity index (χ2v) is 8.44. The van der Waals surface area contributed by atoms with E-state index in [2.05, 4.69) is 0 Å². The van der Waals surface area contributed by atoms with Gasteiger partial charge in [0.2, 0.25) is 17.7 Å². The maximum absolute atomic E-state index is 12.9. The number of halogens is 1.